The molecule has 1 fully saturated rings. The third-order valence-corrected chi connectivity index (χ3v) is 8.83. The molecule has 4 rings (SSSR count). The van der Waals surface area contributed by atoms with Crippen molar-refractivity contribution in [1.82, 2.24) is 9.47 Å². The Labute approximate surface area is 234 Å². The number of ketones is 1. The molecule has 1 aliphatic rings. The number of benzene rings is 2. The van der Waals surface area contributed by atoms with E-state index in [-0.39, 0.29) is 24.0 Å². The number of hydrogen-bond acceptors (Lipinski definition) is 7. The largest absolute Gasteiger partial charge is 0.497 e. The lowest BCUT2D eigenvalue weighted by atomic mass is 9.96. The summed E-state index contributed by atoms with van der Waals surface area (Å²) in [6.07, 6.45) is -0.0701. The van der Waals surface area contributed by atoms with Crippen LogP contribution in [0.25, 0.3) is 10.9 Å². The van der Waals surface area contributed by atoms with E-state index in [4.69, 9.17) is 16.3 Å². The van der Waals surface area contributed by atoms with E-state index in [1.807, 2.05) is 0 Å². The third-order valence-electron chi connectivity index (χ3n) is 6.83. The number of rotatable bonds is 8. The Bertz CT molecular complexity index is 1420. The maximum atomic E-state index is 13.5. The van der Waals surface area contributed by atoms with Crippen LogP contribution in [0.4, 0.5) is 0 Å². The van der Waals surface area contributed by atoms with E-state index in [1.54, 1.807) is 60.9 Å². The Morgan fingerprint density at radius 2 is 1.87 bits per heavy atom. The standard InChI is InChI=1S/C27H27ClN2O6S2/c1-14(25(32)29-13-38-12-22(29)27(34)35)24(37)23(31)11-19-15(2)30(21-9-8-18(36-3)10-20(19)21)26(33)16-4-6-17(28)7-5-16/h4-10,14,22,24,37H,11-13H2,1-3H3,(H,34,35)/t14-,22+,24?/m1/s1. The summed E-state index contributed by atoms with van der Waals surface area (Å²) in [7, 11) is 1.53. The Kier molecular flexibility index (Phi) is 8.44. The van der Waals surface area contributed by atoms with Gasteiger partial charge in [-0.25, -0.2) is 4.79 Å². The lowest BCUT2D eigenvalue weighted by Gasteiger charge is -2.26. The number of carboxylic acid groups (broad SMARTS) is 1. The minimum atomic E-state index is -1.07. The SMILES string of the molecule is COc1ccc2c(c1)c(CC(=O)C(S)[C@@H](C)C(=O)N1CSC[C@H]1C(=O)O)c(C)n2C(=O)c1ccc(Cl)cc1. The average molecular weight is 575 g/mol. The predicted molar refractivity (Wildman–Crippen MR) is 151 cm³/mol. The Morgan fingerprint density at radius 1 is 1.18 bits per heavy atom. The molecule has 1 aliphatic heterocycles. The van der Waals surface area contributed by atoms with E-state index in [1.165, 1.54) is 23.8 Å². The smallest absolute Gasteiger partial charge is 0.327 e. The van der Waals surface area contributed by atoms with E-state index >= 15 is 0 Å². The van der Waals surface area contributed by atoms with Crippen LogP contribution >= 0.6 is 36.0 Å². The number of hydrogen-bond donors (Lipinski definition) is 2. The summed E-state index contributed by atoms with van der Waals surface area (Å²) in [6, 6.07) is 10.9. The molecule has 3 atom stereocenters. The number of carbonyl (C=O) groups excluding carboxylic acids is 3. The molecule has 0 radical (unpaired) electrons. The fourth-order valence-electron chi connectivity index (χ4n) is 4.61. The van der Waals surface area contributed by atoms with E-state index in [0.717, 1.165) is 0 Å². The Balaban J connectivity index is 1.66. The molecule has 1 N–H and O–H groups in total. The first-order valence-corrected chi connectivity index (χ1v) is 13.9. The molecular formula is C27H27ClN2O6S2. The first-order valence-electron chi connectivity index (χ1n) is 11.8. The normalized spacial score (nSPS) is 16.9. The number of methoxy groups -OCH3 is 1. The van der Waals surface area contributed by atoms with Gasteiger partial charge in [0.1, 0.15) is 11.8 Å². The maximum absolute atomic E-state index is 13.5. The van der Waals surface area contributed by atoms with Crippen molar-refractivity contribution in [1.29, 1.82) is 0 Å². The molecule has 1 unspecified atom stereocenters. The van der Waals surface area contributed by atoms with Crippen molar-refractivity contribution in [3.05, 3.63) is 64.3 Å². The van der Waals surface area contributed by atoms with Crippen molar-refractivity contribution >= 4 is 70.5 Å². The fourth-order valence-corrected chi connectivity index (χ4v) is 6.11. The molecule has 2 aromatic carbocycles. The van der Waals surface area contributed by atoms with Crippen LogP contribution in [0.15, 0.2) is 42.5 Å². The van der Waals surface area contributed by atoms with Gasteiger partial charge in [-0.15, -0.1) is 11.8 Å². The van der Waals surface area contributed by atoms with E-state index in [2.05, 4.69) is 12.6 Å². The van der Waals surface area contributed by atoms with Crippen LogP contribution in [-0.2, 0) is 20.8 Å². The van der Waals surface area contributed by atoms with Gasteiger partial charge in [-0.3, -0.25) is 19.0 Å². The molecule has 200 valence electrons. The molecule has 0 saturated carbocycles. The van der Waals surface area contributed by atoms with Crippen molar-refractivity contribution < 1.29 is 29.0 Å². The second-order valence-electron chi connectivity index (χ2n) is 9.13. The van der Waals surface area contributed by atoms with Crippen molar-refractivity contribution in [2.75, 3.05) is 18.7 Å². The van der Waals surface area contributed by atoms with Gasteiger partial charge < -0.3 is 14.7 Å². The fraction of sp³-hybridized carbons (Fsp3) is 0.333. The summed E-state index contributed by atoms with van der Waals surface area (Å²) < 4.78 is 6.94. The average Bonchev–Trinajstić information content (AvgIpc) is 3.50. The summed E-state index contributed by atoms with van der Waals surface area (Å²) in [6.45, 7) is 3.35. The summed E-state index contributed by atoms with van der Waals surface area (Å²) in [4.78, 5) is 52.8. The molecule has 2 heterocycles. The summed E-state index contributed by atoms with van der Waals surface area (Å²) in [5.74, 6) is -1.77. The van der Waals surface area contributed by atoms with Gasteiger partial charge in [0, 0.05) is 33.8 Å². The Morgan fingerprint density at radius 3 is 2.50 bits per heavy atom. The molecule has 8 nitrogen and oxygen atoms in total. The first kappa shape index (κ1) is 28.1. The van der Waals surface area contributed by atoms with Crippen LogP contribution in [-0.4, -0.2) is 68.2 Å². The highest BCUT2D eigenvalue weighted by Gasteiger charge is 2.39. The zero-order valence-electron chi connectivity index (χ0n) is 21.0. The number of halogens is 1. The van der Waals surface area contributed by atoms with Crippen LogP contribution < -0.4 is 4.74 Å². The molecular weight excluding hydrogens is 548 g/mol. The number of amides is 1. The number of carbonyl (C=O) groups is 4. The molecule has 1 amide bonds. The maximum Gasteiger partial charge on any atom is 0.327 e. The van der Waals surface area contributed by atoms with Crippen molar-refractivity contribution in [2.45, 2.75) is 31.6 Å². The van der Waals surface area contributed by atoms with Crippen LogP contribution in [0.5, 0.6) is 5.75 Å². The van der Waals surface area contributed by atoms with Gasteiger partial charge in [0.25, 0.3) is 5.91 Å². The van der Waals surface area contributed by atoms with E-state index < -0.39 is 29.1 Å². The van der Waals surface area contributed by atoms with Crippen LogP contribution in [0.3, 0.4) is 0 Å². The number of ether oxygens (including phenoxy) is 1. The summed E-state index contributed by atoms with van der Waals surface area (Å²) >= 11 is 11.8. The second-order valence-corrected chi connectivity index (χ2v) is 11.1. The molecule has 11 heteroatoms. The molecule has 0 bridgehead atoms. The lowest BCUT2D eigenvalue weighted by Crippen LogP contribution is -2.46. The van der Waals surface area contributed by atoms with Crippen molar-refractivity contribution in [3.63, 3.8) is 0 Å². The lowest BCUT2D eigenvalue weighted by molar-refractivity contribution is -0.149. The highest BCUT2D eigenvalue weighted by molar-refractivity contribution is 7.99. The highest BCUT2D eigenvalue weighted by Crippen LogP contribution is 2.32. The number of thiol groups is 1. The van der Waals surface area contributed by atoms with Gasteiger partial charge in [0.05, 0.1) is 29.7 Å². The van der Waals surface area contributed by atoms with Crippen LogP contribution in [0.2, 0.25) is 5.02 Å². The molecule has 3 aromatic rings. The first-order chi connectivity index (χ1) is 18.0. The van der Waals surface area contributed by atoms with Gasteiger partial charge in [-0.05, 0) is 55.0 Å². The number of nitrogens with zero attached hydrogens (tertiary/aromatic N) is 2. The van der Waals surface area contributed by atoms with Gasteiger partial charge >= 0.3 is 5.97 Å². The molecule has 38 heavy (non-hydrogen) atoms. The molecule has 0 spiro atoms. The minimum Gasteiger partial charge on any atom is -0.497 e. The number of Topliss-reactive ketones (excluding diaryl/α,β-unsaturated/α-hetero) is 1. The van der Waals surface area contributed by atoms with Crippen LogP contribution in [0, 0.1) is 12.8 Å². The van der Waals surface area contributed by atoms with Gasteiger partial charge in [-0.2, -0.15) is 12.6 Å². The number of carboxylic acids is 1. The summed E-state index contributed by atoms with van der Waals surface area (Å²) in [5.41, 5.74) is 2.27. The zero-order valence-corrected chi connectivity index (χ0v) is 23.5. The number of thioether (sulfide) groups is 1. The van der Waals surface area contributed by atoms with E-state index in [0.29, 0.717) is 44.2 Å². The zero-order chi connectivity index (χ0) is 27.7. The predicted octanol–water partition coefficient (Wildman–Crippen LogP) is 4.33. The number of aliphatic carboxylic acids is 1. The summed E-state index contributed by atoms with van der Waals surface area (Å²) in [5, 5.41) is 9.66. The number of fused-ring (bicyclic) bond motifs is 1. The van der Waals surface area contributed by atoms with Crippen LogP contribution in [0.1, 0.15) is 28.5 Å². The Hall–Kier alpha value is -2.95. The number of aromatic nitrogens is 1. The van der Waals surface area contributed by atoms with Gasteiger partial charge in [-0.1, -0.05) is 18.5 Å². The van der Waals surface area contributed by atoms with Gasteiger partial charge in [0.2, 0.25) is 5.91 Å². The third kappa shape index (κ3) is 5.30. The monoisotopic (exact) mass is 574 g/mol. The van der Waals surface area contributed by atoms with Crippen molar-refractivity contribution in [2.24, 2.45) is 5.92 Å². The van der Waals surface area contributed by atoms with Gasteiger partial charge in [0.15, 0.2) is 5.78 Å². The quantitative estimate of drug-likeness (QED) is 0.386. The molecule has 1 saturated heterocycles. The minimum absolute atomic E-state index is 0.0701. The topological polar surface area (TPSA) is 106 Å². The van der Waals surface area contributed by atoms with Crippen molar-refractivity contribution in [3.8, 4) is 5.75 Å². The second kappa shape index (κ2) is 11.4. The molecule has 1 aromatic heterocycles. The van der Waals surface area contributed by atoms with E-state index in [9.17, 15) is 24.3 Å². The molecule has 0 aliphatic carbocycles. The highest BCUT2D eigenvalue weighted by atomic mass is 35.5.